The van der Waals surface area contributed by atoms with E-state index in [-0.39, 0.29) is 0 Å². The van der Waals surface area contributed by atoms with E-state index in [1.54, 1.807) is 13.0 Å². The van der Waals surface area contributed by atoms with Gasteiger partial charge in [0.05, 0.1) is 11.9 Å². The summed E-state index contributed by atoms with van der Waals surface area (Å²) < 4.78 is 12.8. The van der Waals surface area contributed by atoms with E-state index >= 15 is 0 Å². The first-order valence-corrected chi connectivity index (χ1v) is 5.95. The minimum Gasteiger partial charge on any atom is -0.383 e. The van der Waals surface area contributed by atoms with Crippen molar-refractivity contribution >= 4 is 11.6 Å². The van der Waals surface area contributed by atoms with Crippen molar-refractivity contribution in [1.82, 2.24) is 4.98 Å². The number of halogens is 2. The van der Waals surface area contributed by atoms with Crippen LogP contribution >= 0.6 is 11.6 Å². The Morgan fingerprint density at radius 2 is 2.00 bits per heavy atom. The molecule has 2 rings (SSSR count). The van der Waals surface area contributed by atoms with Crippen LogP contribution in [-0.4, -0.2) is 10.1 Å². The van der Waals surface area contributed by atoms with Gasteiger partial charge in [-0.2, -0.15) is 0 Å². The zero-order chi connectivity index (χ0) is 13.2. The van der Waals surface area contributed by atoms with Crippen LogP contribution in [0.1, 0.15) is 18.2 Å². The standard InChI is InChI=1S/C14H13ClFNO/c1-14(18,13-7-6-11(16)9-17-13)8-10-4-2-3-5-12(10)15/h2-7,9,18H,8H2,1H3. The summed E-state index contributed by atoms with van der Waals surface area (Å²) >= 11 is 6.05. The van der Waals surface area contributed by atoms with Crippen LogP contribution in [0, 0.1) is 5.82 Å². The monoisotopic (exact) mass is 265 g/mol. The molecule has 0 saturated heterocycles. The molecular formula is C14H13ClFNO. The Hall–Kier alpha value is -1.45. The summed E-state index contributed by atoms with van der Waals surface area (Å²) in [6.07, 6.45) is 1.42. The van der Waals surface area contributed by atoms with Crippen molar-refractivity contribution in [2.75, 3.05) is 0 Å². The van der Waals surface area contributed by atoms with Gasteiger partial charge in [0.15, 0.2) is 0 Å². The SMILES string of the molecule is CC(O)(Cc1ccccc1Cl)c1ccc(F)cn1. The quantitative estimate of drug-likeness (QED) is 0.923. The molecule has 2 aromatic rings. The minimum atomic E-state index is -1.18. The molecule has 0 amide bonds. The normalized spacial score (nSPS) is 14.2. The summed E-state index contributed by atoms with van der Waals surface area (Å²) in [6, 6.07) is 10.1. The predicted molar refractivity (Wildman–Crippen MR) is 68.9 cm³/mol. The Morgan fingerprint density at radius 1 is 1.28 bits per heavy atom. The fraction of sp³-hybridized carbons (Fsp3) is 0.214. The molecule has 1 N–H and O–H groups in total. The molecule has 2 nitrogen and oxygen atoms in total. The van der Waals surface area contributed by atoms with E-state index in [0.29, 0.717) is 17.1 Å². The second-order valence-corrected chi connectivity index (χ2v) is 4.81. The van der Waals surface area contributed by atoms with Crippen LogP contribution in [0.15, 0.2) is 42.6 Å². The van der Waals surface area contributed by atoms with E-state index in [4.69, 9.17) is 11.6 Å². The highest BCUT2D eigenvalue weighted by Gasteiger charge is 2.26. The van der Waals surface area contributed by atoms with Crippen LogP contribution in [0.3, 0.4) is 0 Å². The minimum absolute atomic E-state index is 0.325. The Bertz CT molecular complexity index is 540. The highest BCUT2D eigenvalue weighted by atomic mass is 35.5. The highest BCUT2D eigenvalue weighted by molar-refractivity contribution is 6.31. The van der Waals surface area contributed by atoms with Gasteiger partial charge in [-0.05, 0) is 30.7 Å². The average molecular weight is 266 g/mol. The molecule has 0 spiro atoms. The van der Waals surface area contributed by atoms with Gasteiger partial charge >= 0.3 is 0 Å². The first kappa shape index (κ1) is 13.0. The third kappa shape index (κ3) is 2.86. The molecule has 1 aromatic carbocycles. The lowest BCUT2D eigenvalue weighted by atomic mass is 9.93. The van der Waals surface area contributed by atoms with Gasteiger partial charge in [-0.1, -0.05) is 29.8 Å². The summed E-state index contributed by atoms with van der Waals surface area (Å²) in [5.41, 5.74) is 0.0673. The summed E-state index contributed by atoms with van der Waals surface area (Å²) in [7, 11) is 0. The van der Waals surface area contributed by atoms with Crippen LogP contribution in [0.4, 0.5) is 4.39 Å². The van der Waals surface area contributed by atoms with Gasteiger partial charge < -0.3 is 5.11 Å². The molecule has 94 valence electrons. The summed E-state index contributed by atoms with van der Waals surface area (Å²) in [6.45, 7) is 1.64. The average Bonchev–Trinajstić information content (AvgIpc) is 2.32. The second-order valence-electron chi connectivity index (χ2n) is 4.40. The van der Waals surface area contributed by atoms with E-state index in [2.05, 4.69) is 4.98 Å². The lowest BCUT2D eigenvalue weighted by Crippen LogP contribution is -2.25. The third-order valence-corrected chi connectivity index (χ3v) is 3.14. The molecule has 1 atom stereocenters. The van der Waals surface area contributed by atoms with Crippen molar-refractivity contribution in [3.8, 4) is 0 Å². The molecule has 1 heterocycles. The Kier molecular flexibility index (Phi) is 3.64. The molecule has 0 aliphatic carbocycles. The van der Waals surface area contributed by atoms with Crippen LogP contribution in [-0.2, 0) is 12.0 Å². The number of hydrogen-bond acceptors (Lipinski definition) is 2. The Balaban J connectivity index is 2.27. The summed E-state index contributed by atoms with van der Waals surface area (Å²) in [5.74, 6) is -0.424. The first-order valence-electron chi connectivity index (χ1n) is 5.57. The maximum atomic E-state index is 12.8. The highest BCUT2D eigenvalue weighted by Crippen LogP contribution is 2.27. The van der Waals surface area contributed by atoms with Crippen molar-refractivity contribution in [3.63, 3.8) is 0 Å². The third-order valence-electron chi connectivity index (χ3n) is 2.77. The van der Waals surface area contributed by atoms with Crippen molar-refractivity contribution in [3.05, 3.63) is 64.7 Å². The Labute approximate surface area is 110 Å². The van der Waals surface area contributed by atoms with E-state index in [9.17, 15) is 9.50 Å². The summed E-state index contributed by atoms with van der Waals surface area (Å²) in [4.78, 5) is 3.91. The topological polar surface area (TPSA) is 33.1 Å². The van der Waals surface area contributed by atoms with Gasteiger partial charge in [0.1, 0.15) is 11.4 Å². The molecule has 18 heavy (non-hydrogen) atoms. The number of aliphatic hydroxyl groups is 1. The molecule has 0 saturated carbocycles. The van der Waals surface area contributed by atoms with Gasteiger partial charge in [0.25, 0.3) is 0 Å². The number of aromatic nitrogens is 1. The lowest BCUT2D eigenvalue weighted by molar-refractivity contribution is 0.0529. The fourth-order valence-electron chi connectivity index (χ4n) is 1.80. The predicted octanol–water partition coefficient (Wildman–Crippen LogP) is 3.32. The van der Waals surface area contributed by atoms with Crippen molar-refractivity contribution in [2.24, 2.45) is 0 Å². The van der Waals surface area contributed by atoms with E-state index < -0.39 is 11.4 Å². The molecule has 1 unspecified atom stereocenters. The van der Waals surface area contributed by atoms with E-state index in [1.807, 2.05) is 18.2 Å². The second kappa shape index (κ2) is 5.04. The maximum Gasteiger partial charge on any atom is 0.141 e. The smallest absolute Gasteiger partial charge is 0.141 e. The number of pyridine rings is 1. The molecule has 0 aliphatic rings. The van der Waals surface area contributed by atoms with Crippen LogP contribution < -0.4 is 0 Å². The van der Waals surface area contributed by atoms with Gasteiger partial charge in [-0.3, -0.25) is 4.98 Å². The van der Waals surface area contributed by atoms with E-state index in [1.165, 1.54) is 12.1 Å². The fourth-order valence-corrected chi connectivity index (χ4v) is 2.00. The molecular weight excluding hydrogens is 253 g/mol. The molecule has 1 aromatic heterocycles. The van der Waals surface area contributed by atoms with Gasteiger partial charge in [0, 0.05) is 11.4 Å². The number of nitrogens with zero attached hydrogens (tertiary/aromatic N) is 1. The van der Waals surface area contributed by atoms with Crippen LogP contribution in [0.5, 0.6) is 0 Å². The van der Waals surface area contributed by atoms with E-state index in [0.717, 1.165) is 11.8 Å². The number of benzene rings is 1. The first-order chi connectivity index (χ1) is 8.49. The van der Waals surface area contributed by atoms with Crippen LogP contribution in [0.2, 0.25) is 5.02 Å². The van der Waals surface area contributed by atoms with Crippen molar-refractivity contribution in [1.29, 1.82) is 0 Å². The number of hydrogen-bond donors (Lipinski definition) is 1. The van der Waals surface area contributed by atoms with Gasteiger partial charge in [-0.15, -0.1) is 0 Å². The van der Waals surface area contributed by atoms with Crippen LogP contribution in [0.25, 0.3) is 0 Å². The lowest BCUT2D eigenvalue weighted by Gasteiger charge is -2.23. The zero-order valence-corrected chi connectivity index (χ0v) is 10.7. The summed E-state index contributed by atoms with van der Waals surface area (Å²) in [5, 5.41) is 11.0. The molecule has 0 radical (unpaired) electrons. The van der Waals surface area contributed by atoms with Gasteiger partial charge in [-0.25, -0.2) is 4.39 Å². The van der Waals surface area contributed by atoms with Gasteiger partial charge in [0.2, 0.25) is 0 Å². The largest absolute Gasteiger partial charge is 0.383 e. The molecule has 0 bridgehead atoms. The van der Waals surface area contributed by atoms with Crippen molar-refractivity contribution in [2.45, 2.75) is 18.9 Å². The van der Waals surface area contributed by atoms with Crippen molar-refractivity contribution < 1.29 is 9.50 Å². The number of rotatable bonds is 3. The zero-order valence-electron chi connectivity index (χ0n) is 9.90. The molecule has 0 aliphatic heterocycles. The molecule has 4 heteroatoms. The Morgan fingerprint density at radius 3 is 2.61 bits per heavy atom. The maximum absolute atomic E-state index is 12.8. The molecule has 0 fully saturated rings.